The van der Waals surface area contributed by atoms with Gasteiger partial charge in [-0.3, -0.25) is 4.79 Å². The second-order valence-electron chi connectivity index (χ2n) is 7.04. The van der Waals surface area contributed by atoms with E-state index in [4.69, 9.17) is 14.6 Å². The van der Waals surface area contributed by atoms with Crippen LogP contribution in [0.1, 0.15) is 10.4 Å². The topological polar surface area (TPSA) is 95.9 Å². The third-order valence-corrected chi connectivity index (χ3v) is 4.91. The van der Waals surface area contributed by atoms with E-state index in [9.17, 15) is 18.0 Å². The lowest BCUT2D eigenvalue weighted by molar-refractivity contribution is -0.192. The highest BCUT2D eigenvalue weighted by Gasteiger charge is 2.39. The van der Waals surface area contributed by atoms with E-state index in [2.05, 4.69) is 14.9 Å². The lowest BCUT2D eigenvalue weighted by Crippen LogP contribution is -2.37. The van der Waals surface area contributed by atoms with Crippen LogP contribution in [0.15, 0.2) is 48.8 Å². The second kappa shape index (κ2) is 9.73. The van der Waals surface area contributed by atoms with Crippen LogP contribution in [0.2, 0.25) is 0 Å². The first kappa shape index (κ1) is 22.5. The van der Waals surface area contributed by atoms with Crippen LogP contribution < -0.4 is 4.90 Å². The van der Waals surface area contributed by atoms with Gasteiger partial charge in [0, 0.05) is 50.1 Å². The van der Waals surface area contributed by atoms with Gasteiger partial charge in [0.25, 0.3) is 5.91 Å². The molecule has 1 N–H and O–H groups in total. The van der Waals surface area contributed by atoms with Crippen molar-refractivity contribution in [2.45, 2.75) is 12.3 Å². The van der Waals surface area contributed by atoms with Crippen LogP contribution in [0.4, 0.5) is 19.1 Å². The van der Waals surface area contributed by atoms with E-state index in [-0.39, 0.29) is 17.9 Å². The van der Waals surface area contributed by atoms with Crippen LogP contribution in [-0.4, -0.2) is 76.9 Å². The average Bonchev–Trinajstić information content (AvgIpc) is 3.06. The van der Waals surface area contributed by atoms with Gasteiger partial charge < -0.3 is 19.6 Å². The molecule has 2 aromatic rings. The number of nitrogens with zero attached hydrogens (tertiary/aromatic N) is 4. The molecular formula is C20H21F3N4O4. The molecule has 0 bridgehead atoms. The predicted molar refractivity (Wildman–Crippen MR) is 104 cm³/mol. The lowest BCUT2D eigenvalue weighted by atomic mass is 10.1. The van der Waals surface area contributed by atoms with E-state index >= 15 is 0 Å². The Morgan fingerprint density at radius 2 is 1.68 bits per heavy atom. The Morgan fingerprint density at radius 1 is 1.03 bits per heavy atom. The summed E-state index contributed by atoms with van der Waals surface area (Å²) >= 11 is 0. The Kier molecular flexibility index (Phi) is 7.06. The highest BCUT2D eigenvalue weighted by atomic mass is 19.4. The number of carboxylic acid groups (broad SMARTS) is 1. The Morgan fingerprint density at radius 3 is 2.29 bits per heavy atom. The van der Waals surface area contributed by atoms with E-state index in [0.717, 1.165) is 24.6 Å². The number of anilines is 1. The molecular weight excluding hydrogens is 417 g/mol. The van der Waals surface area contributed by atoms with Gasteiger partial charge in [-0.25, -0.2) is 14.8 Å². The number of fused-ring (bicyclic) bond motifs is 1. The van der Waals surface area contributed by atoms with Gasteiger partial charge in [-0.1, -0.05) is 18.2 Å². The van der Waals surface area contributed by atoms with Crippen LogP contribution in [-0.2, 0) is 9.53 Å². The molecule has 11 heteroatoms. The van der Waals surface area contributed by atoms with Crippen molar-refractivity contribution in [2.75, 3.05) is 37.7 Å². The van der Waals surface area contributed by atoms with Gasteiger partial charge >= 0.3 is 12.1 Å². The molecule has 3 heterocycles. The maximum atomic E-state index is 12.7. The summed E-state index contributed by atoms with van der Waals surface area (Å²) < 4.78 is 37.7. The molecule has 0 aliphatic carbocycles. The number of halogens is 3. The van der Waals surface area contributed by atoms with Crippen LogP contribution in [0.25, 0.3) is 0 Å². The van der Waals surface area contributed by atoms with Crippen molar-refractivity contribution < 1.29 is 32.6 Å². The van der Waals surface area contributed by atoms with Crippen LogP contribution >= 0.6 is 0 Å². The number of aliphatic carboxylic acids is 1. The zero-order valence-corrected chi connectivity index (χ0v) is 16.4. The van der Waals surface area contributed by atoms with Crippen molar-refractivity contribution in [3.05, 3.63) is 54.4 Å². The monoisotopic (exact) mass is 438 g/mol. The molecule has 2 aliphatic rings. The van der Waals surface area contributed by atoms with Crippen molar-refractivity contribution in [2.24, 2.45) is 5.92 Å². The molecule has 1 aromatic carbocycles. The average molecular weight is 438 g/mol. The van der Waals surface area contributed by atoms with Gasteiger partial charge in [-0.15, -0.1) is 0 Å². The Hall–Kier alpha value is -3.21. The summed E-state index contributed by atoms with van der Waals surface area (Å²) in [5.41, 5.74) is 0.734. The number of carbonyl (C=O) groups is 2. The van der Waals surface area contributed by atoms with Gasteiger partial charge in [0.05, 0.1) is 12.7 Å². The van der Waals surface area contributed by atoms with Crippen LogP contribution in [0, 0.1) is 5.92 Å². The first-order valence-electron chi connectivity index (χ1n) is 9.53. The summed E-state index contributed by atoms with van der Waals surface area (Å²) in [4.78, 5) is 34.3. The molecule has 2 fully saturated rings. The van der Waals surface area contributed by atoms with E-state index < -0.39 is 12.1 Å². The number of benzene rings is 1. The zero-order valence-electron chi connectivity index (χ0n) is 16.4. The number of carbonyl (C=O) groups excluding carboxylic acids is 1. The molecule has 0 radical (unpaired) electrons. The highest BCUT2D eigenvalue weighted by molar-refractivity contribution is 5.94. The van der Waals surface area contributed by atoms with E-state index in [1.54, 1.807) is 12.4 Å². The Labute approximate surface area is 176 Å². The minimum absolute atomic E-state index is 0.0780. The molecule has 166 valence electrons. The smallest absolute Gasteiger partial charge is 0.475 e. The Bertz CT molecular complexity index is 883. The summed E-state index contributed by atoms with van der Waals surface area (Å²) in [6.07, 6.45) is -1.45. The molecule has 0 spiro atoms. The second-order valence-corrected chi connectivity index (χ2v) is 7.04. The first-order valence-corrected chi connectivity index (χ1v) is 9.53. The van der Waals surface area contributed by atoms with Crippen molar-refractivity contribution in [3.63, 3.8) is 0 Å². The van der Waals surface area contributed by atoms with Crippen molar-refractivity contribution >= 4 is 17.8 Å². The summed E-state index contributed by atoms with van der Waals surface area (Å²) in [7, 11) is 0. The van der Waals surface area contributed by atoms with Crippen molar-refractivity contribution in [3.8, 4) is 0 Å². The molecule has 0 unspecified atom stereocenters. The van der Waals surface area contributed by atoms with E-state index in [1.165, 1.54) is 0 Å². The van der Waals surface area contributed by atoms with Crippen LogP contribution in [0.3, 0.4) is 0 Å². The minimum atomic E-state index is -5.08. The number of hydrogen-bond donors (Lipinski definition) is 1. The number of aromatic nitrogens is 2. The van der Waals surface area contributed by atoms with Crippen LogP contribution in [0.5, 0.6) is 0 Å². The maximum absolute atomic E-state index is 12.7. The molecule has 2 saturated heterocycles. The normalized spacial score (nSPS) is 20.9. The van der Waals surface area contributed by atoms with Gasteiger partial charge in [0.15, 0.2) is 0 Å². The first-order chi connectivity index (χ1) is 14.8. The number of rotatable bonds is 2. The van der Waals surface area contributed by atoms with Gasteiger partial charge in [-0.05, 0) is 18.2 Å². The zero-order chi connectivity index (χ0) is 22.4. The quantitative estimate of drug-likeness (QED) is 0.767. The lowest BCUT2D eigenvalue weighted by Gasteiger charge is -2.23. The summed E-state index contributed by atoms with van der Waals surface area (Å²) in [5.74, 6) is -1.67. The van der Waals surface area contributed by atoms with Gasteiger partial charge in [0.1, 0.15) is 0 Å². The molecule has 31 heavy (non-hydrogen) atoms. The van der Waals surface area contributed by atoms with Crippen molar-refractivity contribution in [1.82, 2.24) is 14.9 Å². The third kappa shape index (κ3) is 5.91. The number of carboxylic acids is 1. The highest BCUT2D eigenvalue weighted by Crippen LogP contribution is 2.26. The number of alkyl halides is 3. The number of amides is 1. The summed E-state index contributed by atoms with van der Waals surface area (Å²) in [6.45, 7) is 3.52. The molecule has 1 amide bonds. The standard InChI is InChI=1S/C18H20N4O2.C2HF3O2/c23-17(14-5-2-1-3-6-14)21-9-10-24-16-13-22(12-15(16)11-21)18-19-7-4-8-20-18;3-2(4,5)1(6)7/h1-8,15-16H,9-13H2;(H,6,7)/t15-,16+;/m0./s1. The molecule has 4 rings (SSSR count). The van der Waals surface area contributed by atoms with Gasteiger partial charge in [-0.2, -0.15) is 13.2 Å². The fourth-order valence-electron chi connectivity index (χ4n) is 3.46. The van der Waals surface area contributed by atoms with E-state index in [1.807, 2.05) is 41.3 Å². The molecule has 1 aromatic heterocycles. The predicted octanol–water partition coefficient (Wildman–Crippen LogP) is 2.09. The maximum Gasteiger partial charge on any atom is 0.490 e. The third-order valence-electron chi connectivity index (χ3n) is 4.91. The summed E-state index contributed by atoms with van der Waals surface area (Å²) in [5, 5.41) is 7.12. The molecule has 0 saturated carbocycles. The molecule has 2 atom stereocenters. The molecule has 8 nitrogen and oxygen atoms in total. The fraction of sp³-hybridized carbons (Fsp3) is 0.400. The SMILES string of the molecule is O=C(O)C(F)(F)F.O=C(c1ccccc1)N1CCO[C@@H]2CN(c3ncccn3)C[C@@H]2C1. The summed E-state index contributed by atoms with van der Waals surface area (Å²) in [6, 6.07) is 11.3. The number of hydrogen-bond acceptors (Lipinski definition) is 6. The minimum Gasteiger partial charge on any atom is -0.475 e. The van der Waals surface area contributed by atoms with Crippen molar-refractivity contribution in [1.29, 1.82) is 0 Å². The van der Waals surface area contributed by atoms with Gasteiger partial charge in [0.2, 0.25) is 5.95 Å². The Balaban J connectivity index is 0.000000339. The number of ether oxygens (including phenoxy) is 1. The molecule has 2 aliphatic heterocycles. The fourth-order valence-corrected chi connectivity index (χ4v) is 3.46. The largest absolute Gasteiger partial charge is 0.490 e. The van der Waals surface area contributed by atoms with E-state index in [0.29, 0.717) is 19.7 Å².